The fraction of sp³-hybridized carbons (Fsp3) is 0. The van der Waals surface area contributed by atoms with Gasteiger partial charge < -0.3 is 4.74 Å². The molecule has 1 heteroatoms. The Kier molecular flexibility index (Phi) is 3.72. The molecule has 0 fully saturated rings. The van der Waals surface area contributed by atoms with Crippen molar-refractivity contribution in [3.05, 3.63) is 121 Å². The average molecular weight is 445 g/mol. The smallest absolute Gasteiger partial charge is 0.143 e. The van der Waals surface area contributed by atoms with Crippen molar-refractivity contribution in [3.63, 3.8) is 0 Å². The fourth-order valence-electron chi connectivity index (χ4n) is 5.71. The van der Waals surface area contributed by atoms with E-state index in [4.69, 9.17) is 4.74 Å². The number of fused-ring (bicyclic) bond motifs is 6. The predicted octanol–water partition coefficient (Wildman–Crippen LogP) is 9.74. The van der Waals surface area contributed by atoms with Gasteiger partial charge in [0.2, 0.25) is 0 Å². The molecule has 1 aliphatic heterocycles. The van der Waals surface area contributed by atoms with Crippen LogP contribution in [0.3, 0.4) is 0 Å². The van der Waals surface area contributed by atoms with Crippen LogP contribution in [0.2, 0.25) is 0 Å². The average Bonchev–Trinajstić information content (AvgIpc) is 2.92. The summed E-state index contributed by atoms with van der Waals surface area (Å²) in [5.74, 6) is 1.86. The molecule has 0 unspecified atom stereocenters. The highest BCUT2D eigenvalue weighted by Crippen LogP contribution is 2.50. The van der Waals surface area contributed by atoms with Gasteiger partial charge in [-0.2, -0.15) is 0 Å². The normalized spacial score (nSPS) is 12.2. The van der Waals surface area contributed by atoms with Crippen molar-refractivity contribution in [2.45, 2.75) is 0 Å². The molecular weight excluding hydrogens is 424 g/mol. The summed E-state index contributed by atoms with van der Waals surface area (Å²) in [6, 6.07) is 43.7. The zero-order chi connectivity index (χ0) is 22.9. The van der Waals surface area contributed by atoms with E-state index in [2.05, 4.69) is 115 Å². The van der Waals surface area contributed by atoms with Crippen LogP contribution < -0.4 is 4.74 Å². The van der Waals surface area contributed by atoms with E-state index in [0.717, 1.165) is 22.6 Å². The molecule has 1 heterocycles. The first-order valence-corrected chi connectivity index (χ1v) is 12.0. The molecule has 0 aliphatic carbocycles. The third-order valence-electron chi connectivity index (χ3n) is 7.40. The second kappa shape index (κ2) is 6.94. The highest BCUT2D eigenvalue weighted by molar-refractivity contribution is 6.13. The molecular formula is C34H20O. The van der Waals surface area contributed by atoms with Gasteiger partial charge in [-0.1, -0.05) is 91.0 Å². The van der Waals surface area contributed by atoms with E-state index < -0.39 is 0 Å². The van der Waals surface area contributed by atoms with Gasteiger partial charge in [-0.15, -0.1) is 0 Å². The molecule has 1 aliphatic rings. The minimum absolute atomic E-state index is 0.915. The lowest BCUT2D eigenvalue weighted by Gasteiger charge is -2.23. The lowest BCUT2D eigenvalue weighted by atomic mass is 9.90. The summed E-state index contributed by atoms with van der Waals surface area (Å²) in [4.78, 5) is 0. The maximum absolute atomic E-state index is 6.57. The van der Waals surface area contributed by atoms with E-state index in [1.165, 1.54) is 54.2 Å². The Morgan fingerprint density at radius 3 is 2.03 bits per heavy atom. The highest BCUT2D eigenvalue weighted by Gasteiger charge is 2.22. The highest BCUT2D eigenvalue weighted by atomic mass is 16.5. The number of hydrogen-bond donors (Lipinski definition) is 0. The van der Waals surface area contributed by atoms with Crippen LogP contribution in [0.15, 0.2) is 121 Å². The van der Waals surface area contributed by atoms with E-state index in [1.807, 2.05) is 6.07 Å². The molecule has 0 bridgehead atoms. The Labute approximate surface area is 202 Å². The van der Waals surface area contributed by atoms with Crippen LogP contribution in [0, 0.1) is 0 Å². The molecule has 8 rings (SSSR count). The summed E-state index contributed by atoms with van der Waals surface area (Å²) in [5, 5.41) is 10.0. The molecule has 162 valence electrons. The van der Waals surface area contributed by atoms with Gasteiger partial charge in [0, 0.05) is 16.5 Å². The van der Waals surface area contributed by atoms with E-state index >= 15 is 0 Å². The number of rotatable bonds is 1. The Morgan fingerprint density at radius 2 is 1.11 bits per heavy atom. The molecule has 35 heavy (non-hydrogen) atoms. The summed E-state index contributed by atoms with van der Waals surface area (Å²) < 4.78 is 6.57. The molecule has 0 saturated heterocycles. The van der Waals surface area contributed by atoms with Crippen LogP contribution in [0.1, 0.15) is 0 Å². The van der Waals surface area contributed by atoms with Crippen LogP contribution >= 0.6 is 0 Å². The van der Waals surface area contributed by atoms with Crippen LogP contribution in [0.5, 0.6) is 11.5 Å². The minimum atomic E-state index is 0.915. The number of para-hydroxylation sites is 1. The van der Waals surface area contributed by atoms with E-state index in [9.17, 15) is 0 Å². The standard InChI is InChI=1S/C34H20O/c1-2-7-23-20-31-26(18-22(23)6-1)13-12-24-19-25(15-16-27(24)31)28-17-14-21-8-5-10-30-29-9-3-4-11-32(29)35-34(28)33(21)30/h1-20H. The van der Waals surface area contributed by atoms with Gasteiger partial charge in [0.25, 0.3) is 0 Å². The van der Waals surface area contributed by atoms with Gasteiger partial charge in [0.1, 0.15) is 11.5 Å². The fourth-order valence-corrected chi connectivity index (χ4v) is 5.71. The Balaban J connectivity index is 1.37. The molecule has 0 atom stereocenters. The molecule has 1 nitrogen and oxygen atoms in total. The van der Waals surface area contributed by atoms with Gasteiger partial charge in [-0.05, 0) is 79.2 Å². The summed E-state index contributed by atoms with van der Waals surface area (Å²) in [6.45, 7) is 0. The first-order chi connectivity index (χ1) is 17.3. The van der Waals surface area contributed by atoms with Crippen LogP contribution in [-0.4, -0.2) is 0 Å². The second-order valence-electron chi connectivity index (χ2n) is 9.37. The molecule has 7 aromatic carbocycles. The van der Waals surface area contributed by atoms with Gasteiger partial charge in [-0.3, -0.25) is 0 Å². The molecule has 0 N–H and O–H groups in total. The molecule has 7 aromatic rings. The Morgan fingerprint density at radius 1 is 0.400 bits per heavy atom. The molecule has 0 spiro atoms. The maximum Gasteiger partial charge on any atom is 0.143 e. The van der Waals surface area contributed by atoms with E-state index in [1.54, 1.807) is 0 Å². The lowest BCUT2D eigenvalue weighted by molar-refractivity contribution is 0.489. The zero-order valence-corrected chi connectivity index (χ0v) is 19.0. The number of hydrogen-bond acceptors (Lipinski definition) is 1. The second-order valence-corrected chi connectivity index (χ2v) is 9.37. The van der Waals surface area contributed by atoms with Crippen molar-refractivity contribution in [2.75, 3.05) is 0 Å². The maximum atomic E-state index is 6.57. The summed E-state index contributed by atoms with van der Waals surface area (Å²) >= 11 is 0. The minimum Gasteiger partial charge on any atom is -0.455 e. The summed E-state index contributed by atoms with van der Waals surface area (Å²) in [6.07, 6.45) is 0. The lowest BCUT2D eigenvalue weighted by Crippen LogP contribution is -1.98. The van der Waals surface area contributed by atoms with Crippen LogP contribution in [-0.2, 0) is 0 Å². The van der Waals surface area contributed by atoms with Crippen LogP contribution in [0.4, 0.5) is 0 Å². The van der Waals surface area contributed by atoms with Gasteiger partial charge in [0.15, 0.2) is 0 Å². The monoisotopic (exact) mass is 444 g/mol. The quantitative estimate of drug-likeness (QED) is 0.181. The first kappa shape index (κ1) is 18.8. The van der Waals surface area contributed by atoms with Gasteiger partial charge >= 0.3 is 0 Å². The largest absolute Gasteiger partial charge is 0.455 e. The molecule has 0 radical (unpaired) electrons. The van der Waals surface area contributed by atoms with Crippen molar-refractivity contribution in [3.8, 4) is 33.8 Å². The third kappa shape index (κ3) is 2.70. The van der Waals surface area contributed by atoms with Crippen LogP contribution in [0.25, 0.3) is 65.3 Å². The van der Waals surface area contributed by atoms with Crippen molar-refractivity contribution in [2.24, 2.45) is 0 Å². The third-order valence-corrected chi connectivity index (χ3v) is 7.40. The summed E-state index contributed by atoms with van der Waals surface area (Å²) in [5.41, 5.74) is 4.68. The molecule has 0 saturated carbocycles. The Bertz CT molecular complexity index is 1980. The molecule has 0 aromatic heterocycles. The first-order valence-electron chi connectivity index (χ1n) is 12.0. The SMILES string of the molecule is c1ccc2c(c1)Oc1c(-c3ccc4c(ccc5cc6ccccc6cc54)c3)ccc3cccc-2c13. The van der Waals surface area contributed by atoms with Crippen molar-refractivity contribution < 1.29 is 4.74 Å². The molecule has 0 amide bonds. The zero-order valence-electron chi connectivity index (χ0n) is 19.0. The van der Waals surface area contributed by atoms with Gasteiger partial charge in [0.05, 0.1) is 0 Å². The topological polar surface area (TPSA) is 9.23 Å². The Hall–Kier alpha value is -4.62. The van der Waals surface area contributed by atoms with Crippen molar-refractivity contribution >= 4 is 43.1 Å². The number of benzene rings is 7. The predicted molar refractivity (Wildman–Crippen MR) is 147 cm³/mol. The van der Waals surface area contributed by atoms with E-state index in [0.29, 0.717) is 0 Å². The van der Waals surface area contributed by atoms with Gasteiger partial charge in [-0.25, -0.2) is 0 Å². The van der Waals surface area contributed by atoms with E-state index in [-0.39, 0.29) is 0 Å². The van der Waals surface area contributed by atoms with Crippen molar-refractivity contribution in [1.82, 2.24) is 0 Å². The van der Waals surface area contributed by atoms with Crippen molar-refractivity contribution in [1.29, 1.82) is 0 Å². The summed E-state index contributed by atoms with van der Waals surface area (Å²) in [7, 11) is 0. The number of ether oxygens (including phenoxy) is 1.